The summed E-state index contributed by atoms with van der Waals surface area (Å²) in [4.78, 5) is 4.22. The smallest absolute Gasteiger partial charge is 0.246 e. The van der Waals surface area contributed by atoms with Gasteiger partial charge in [0.05, 0.1) is 19.2 Å². The number of aryl methyl sites for hydroxylation is 2. The number of benzene rings is 1. The molecule has 1 aromatic carbocycles. The number of nitrogens with zero attached hydrogens (tertiary/aromatic N) is 2. The fourth-order valence-corrected chi connectivity index (χ4v) is 4.46. The third kappa shape index (κ3) is 4.36. The first kappa shape index (κ1) is 21.1. The molecule has 0 aliphatic rings. The summed E-state index contributed by atoms with van der Waals surface area (Å²) in [6.45, 7) is 3.20. The van der Waals surface area contributed by atoms with Gasteiger partial charge in [-0.15, -0.1) is 0 Å². The van der Waals surface area contributed by atoms with Gasteiger partial charge in [0.1, 0.15) is 16.3 Å². The molecular formula is C19H20ClN3O5S. The van der Waals surface area contributed by atoms with Crippen LogP contribution in [0.25, 0.3) is 11.1 Å². The van der Waals surface area contributed by atoms with Crippen molar-refractivity contribution in [3.63, 3.8) is 0 Å². The number of ether oxygens (including phenoxy) is 2. The van der Waals surface area contributed by atoms with Gasteiger partial charge in [0.25, 0.3) is 0 Å². The predicted octanol–water partition coefficient (Wildman–Crippen LogP) is 3.50. The van der Waals surface area contributed by atoms with Crippen LogP contribution in [-0.4, -0.2) is 32.8 Å². The number of halogens is 1. The summed E-state index contributed by atoms with van der Waals surface area (Å²) in [5.41, 5.74) is 2.40. The number of methoxy groups -OCH3 is 2. The van der Waals surface area contributed by atoms with Crippen molar-refractivity contribution in [2.24, 2.45) is 0 Å². The summed E-state index contributed by atoms with van der Waals surface area (Å²) in [5, 5.41) is 4.15. The highest BCUT2D eigenvalue weighted by Gasteiger charge is 2.24. The third-order valence-electron chi connectivity index (χ3n) is 4.27. The second kappa shape index (κ2) is 8.40. The van der Waals surface area contributed by atoms with Crippen molar-refractivity contribution in [2.45, 2.75) is 25.3 Å². The van der Waals surface area contributed by atoms with Gasteiger partial charge in [-0.05, 0) is 31.5 Å². The molecule has 154 valence electrons. The van der Waals surface area contributed by atoms with E-state index >= 15 is 0 Å². The van der Waals surface area contributed by atoms with Crippen molar-refractivity contribution < 1.29 is 22.4 Å². The summed E-state index contributed by atoms with van der Waals surface area (Å²) < 4.78 is 43.5. The highest BCUT2D eigenvalue weighted by atomic mass is 35.5. The van der Waals surface area contributed by atoms with Gasteiger partial charge in [0.2, 0.25) is 15.9 Å². The molecule has 0 saturated carbocycles. The molecule has 8 nitrogen and oxygen atoms in total. The van der Waals surface area contributed by atoms with Crippen LogP contribution in [0.15, 0.2) is 39.9 Å². The minimum atomic E-state index is -3.77. The van der Waals surface area contributed by atoms with E-state index < -0.39 is 10.0 Å². The molecule has 29 heavy (non-hydrogen) atoms. The zero-order valence-electron chi connectivity index (χ0n) is 16.3. The van der Waals surface area contributed by atoms with Crippen molar-refractivity contribution in [3.8, 4) is 22.8 Å². The number of rotatable bonds is 7. The predicted molar refractivity (Wildman–Crippen MR) is 108 cm³/mol. The van der Waals surface area contributed by atoms with Crippen LogP contribution in [0, 0.1) is 13.8 Å². The summed E-state index contributed by atoms with van der Waals surface area (Å²) >= 11 is 6.08. The zero-order valence-corrected chi connectivity index (χ0v) is 17.9. The molecule has 0 amide bonds. The number of hydrogen-bond acceptors (Lipinski definition) is 7. The molecule has 0 spiro atoms. The number of hydrogen-bond donors (Lipinski definition) is 1. The van der Waals surface area contributed by atoms with Gasteiger partial charge in [0, 0.05) is 23.9 Å². The Morgan fingerprint density at radius 1 is 1.14 bits per heavy atom. The summed E-state index contributed by atoms with van der Waals surface area (Å²) in [6, 6.07) is 7.05. The Bertz CT molecular complexity index is 1130. The summed E-state index contributed by atoms with van der Waals surface area (Å²) in [6.07, 6.45) is 1.49. The second-order valence-electron chi connectivity index (χ2n) is 6.22. The SMILES string of the molecule is COc1cc(CNS(=O)(=O)c2c(C)noc2C)ccc1-c1cc(Cl)cnc1OC. The Morgan fingerprint density at radius 3 is 2.52 bits per heavy atom. The molecule has 0 aliphatic carbocycles. The maximum absolute atomic E-state index is 12.6. The van der Waals surface area contributed by atoms with E-state index in [0.29, 0.717) is 33.5 Å². The lowest BCUT2D eigenvalue weighted by molar-refractivity contribution is 0.390. The van der Waals surface area contributed by atoms with Gasteiger partial charge in [-0.25, -0.2) is 18.1 Å². The van der Waals surface area contributed by atoms with Crippen LogP contribution in [0.5, 0.6) is 11.6 Å². The second-order valence-corrected chi connectivity index (χ2v) is 8.36. The topological polar surface area (TPSA) is 104 Å². The fraction of sp³-hybridized carbons (Fsp3) is 0.263. The van der Waals surface area contributed by atoms with E-state index in [9.17, 15) is 8.42 Å². The van der Waals surface area contributed by atoms with Gasteiger partial charge in [-0.1, -0.05) is 28.9 Å². The van der Waals surface area contributed by atoms with Crippen molar-refractivity contribution in [1.29, 1.82) is 0 Å². The number of aromatic nitrogens is 2. The molecule has 2 heterocycles. The van der Waals surface area contributed by atoms with E-state index in [1.165, 1.54) is 20.4 Å². The van der Waals surface area contributed by atoms with E-state index in [2.05, 4.69) is 14.9 Å². The van der Waals surface area contributed by atoms with Crippen molar-refractivity contribution in [3.05, 3.63) is 52.5 Å². The Labute approximate surface area is 173 Å². The Morgan fingerprint density at radius 2 is 1.90 bits per heavy atom. The van der Waals surface area contributed by atoms with Gasteiger partial charge in [-0.3, -0.25) is 0 Å². The molecular weight excluding hydrogens is 418 g/mol. The van der Waals surface area contributed by atoms with Gasteiger partial charge >= 0.3 is 0 Å². The molecule has 0 atom stereocenters. The van der Waals surface area contributed by atoms with Crippen LogP contribution in [0.3, 0.4) is 0 Å². The Kier molecular flexibility index (Phi) is 6.11. The van der Waals surface area contributed by atoms with E-state index in [-0.39, 0.29) is 17.2 Å². The maximum atomic E-state index is 12.6. The lowest BCUT2D eigenvalue weighted by Crippen LogP contribution is -2.24. The van der Waals surface area contributed by atoms with E-state index in [4.69, 9.17) is 25.6 Å². The Balaban J connectivity index is 1.89. The average Bonchev–Trinajstić information content (AvgIpc) is 3.05. The fourth-order valence-electron chi connectivity index (χ4n) is 2.96. The standard InChI is InChI=1S/C19H20ClN3O5S/c1-11-18(12(2)28-23-11)29(24,25)22-9-13-5-6-15(17(7-13)26-3)16-8-14(20)10-21-19(16)27-4/h5-8,10,22H,9H2,1-4H3. The van der Waals surface area contributed by atoms with Crippen LogP contribution < -0.4 is 14.2 Å². The first-order chi connectivity index (χ1) is 13.8. The maximum Gasteiger partial charge on any atom is 0.246 e. The van der Waals surface area contributed by atoms with E-state index in [1.54, 1.807) is 38.1 Å². The molecule has 0 radical (unpaired) electrons. The highest BCUT2D eigenvalue weighted by molar-refractivity contribution is 7.89. The minimum Gasteiger partial charge on any atom is -0.496 e. The number of sulfonamides is 1. The molecule has 1 N–H and O–H groups in total. The van der Waals surface area contributed by atoms with Crippen LogP contribution in [0.2, 0.25) is 5.02 Å². The van der Waals surface area contributed by atoms with Crippen LogP contribution >= 0.6 is 11.6 Å². The number of pyridine rings is 1. The van der Waals surface area contributed by atoms with Crippen molar-refractivity contribution in [2.75, 3.05) is 14.2 Å². The average molecular weight is 438 g/mol. The first-order valence-electron chi connectivity index (χ1n) is 8.56. The first-order valence-corrected chi connectivity index (χ1v) is 10.4. The Hall–Kier alpha value is -2.62. The molecule has 0 saturated heterocycles. The molecule has 3 aromatic rings. The van der Waals surface area contributed by atoms with Crippen LogP contribution in [-0.2, 0) is 16.6 Å². The monoisotopic (exact) mass is 437 g/mol. The normalized spacial score (nSPS) is 11.5. The molecule has 0 fully saturated rings. The van der Waals surface area contributed by atoms with E-state index in [1.807, 2.05) is 0 Å². The van der Waals surface area contributed by atoms with Gasteiger partial charge < -0.3 is 14.0 Å². The van der Waals surface area contributed by atoms with Gasteiger partial charge in [0.15, 0.2) is 5.76 Å². The molecule has 0 aliphatic heterocycles. The summed E-state index contributed by atoms with van der Waals surface area (Å²) in [5.74, 6) is 1.17. The molecule has 0 unspecified atom stereocenters. The quantitative estimate of drug-likeness (QED) is 0.603. The minimum absolute atomic E-state index is 0.0517. The van der Waals surface area contributed by atoms with Crippen molar-refractivity contribution >= 4 is 21.6 Å². The summed E-state index contributed by atoms with van der Waals surface area (Å²) in [7, 11) is -0.722. The highest BCUT2D eigenvalue weighted by Crippen LogP contribution is 2.37. The molecule has 10 heteroatoms. The lowest BCUT2D eigenvalue weighted by atomic mass is 10.0. The number of nitrogens with one attached hydrogen (secondary N) is 1. The third-order valence-corrected chi connectivity index (χ3v) is 6.12. The molecule has 2 aromatic heterocycles. The van der Waals surface area contributed by atoms with Crippen LogP contribution in [0.4, 0.5) is 0 Å². The molecule has 3 rings (SSSR count). The van der Waals surface area contributed by atoms with E-state index in [0.717, 1.165) is 5.56 Å². The zero-order chi connectivity index (χ0) is 21.2. The molecule has 0 bridgehead atoms. The van der Waals surface area contributed by atoms with Crippen LogP contribution in [0.1, 0.15) is 17.0 Å². The van der Waals surface area contributed by atoms with Crippen molar-refractivity contribution in [1.82, 2.24) is 14.9 Å². The lowest BCUT2D eigenvalue weighted by Gasteiger charge is -2.14. The largest absolute Gasteiger partial charge is 0.496 e. The van der Waals surface area contributed by atoms with Gasteiger partial charge in [-0.2, -0.15) is 0 Å².